The Hall–Kier alpha value is -3.41. The smallest absolute Gasteiger partial charge is 0.271 e. The molecule has 0 spiro atoms. The quantitative estimate of drug-likeness (QED) is 0.507. The Morgan fingerprint density at radius 1 is 1.04 bits per heavy atom. The molecule has 0 saturated heterocycles. The Labute approximate surface area is 132 Å². The van der Waals surface area contributed by atoms with Crippen LogP contribution in [-0.2, 0) is 0 Å². The van der Waals surface area contributed by atoms with Crippen LogP contribution in [0.1, 0.15) is 26.3 Å². The predicted octanol–water partition coefficient (Wildman–Crippen LogP) is 2.03. The van der Waals surface area contributed by atoms with Gasteiger partial charge in [-0.1, -0.05) is 18.2 Å². The zero-order valence-electron chi connectivity index (χ0n) is 12.1. The Balaban J connectivity index is 1.70. The van der Waals surface area contributed by atoms with Crippen LogP contribution in [0.25, 0.3) is 10.9 Å². The summed E-state index contributed by atoms with van der Waals surface area (Å²) in [4.78, 5) is 26.1. The lowest BCUT2D eigenvalue weighted by atomic mass is 10.1. The highest BCUT2D eigenvalue weighted by Crippen LogP contribution is 2.15. The highest BCUT2D eigenvalue weighted by atomic mass is 16.2. The number of primary amides is 1. The number of nitrogens with one attached hydrogen (secondary N) is 2. The first-order valence-corrected chi connectivity index (χ1v) is 6.94. The van der Waals surface area contributed by atoms with Crippen LogP contribution in [-0.4, -0.2) is 23.0 Å². The van der Waals surface area contributed by atoms with Gasteiger partial charge >= 0.3 is 0 Å². The number of carbonyl (C=O) groups is 2. The molecule has 0 fully saturated rings. The first-order chi connectivity index (χ1) is 11.1. The summed E-state index contributed by atoms with van der Waals surface area (Å²) in [6.07, 6.45) is 3.40. The molecule has 0 radical (unpaired) electrons. The van der Waals surface area contributed by atoms with E-state index < -0.39 is 5.91 Å². The molecule has 0 aliphatic rings. The second-order valence-electron chi connectivity index (χ2n) is 4.93. The number of aromatic nitrogens is 1. The maximum absolute atomic E-state index is 12.0. The summed E-state index contributed by atoms with van der Waals surface area (Å²) in [6.45, 7) is 0. The highest BCUT2D eigenvalue weighted by Gasteiger charge is 2.06. The molecule has 0 atom stereocenters. The number of rotatable bonds is 4. The zero-order chi connectivity index (χ0) is 16.2. The summed E-state index contributed by atoms with van der Waals surface area (Å²) >= 11 is 0. The molecule has 0 bridgehead atoms. The predicted molar refractivity (Wildman–Crippen MR) is 88.3 cm³/mol. The van der Waals surface area contributed by atoms with Crippen LogP contribution >= 0.6 is 0 Å². The number of hydrogen-bond donors (Lipinski definition) is 3. The summed E-state index contributed by atoms with van der Waals surface area (Å²) in [5, 5.41) is 4.99. The highest BCUT2D eigenvalue weighted by molar-refractivity contribution is 6.00. The van der Waals surface area contributed by atoms with Crippen molar-refractivity contribution in [1.82, 2.24) is 10.4 Å². The number of nitrogens with zero attached hydrogens (tertiary/aromatic N) is 1. The Morgan fingerprint density at radius 3 is 2.48 bits per heavy atom. The third kappa shape index (κ3) is 3.11. The number of H-pyrrole nitrogens is 1. The minimum atomic E-state index is -0.533. The number of para-hydroxylation sites is 1. The van der Waals surface area contributed by atoms with Crippen molar-refractivity contribution in [2.24, 2.45) is 10.8 Å². The second-order valence-corrected chi connectivity index (χ2v) is 4.93. The van der Waals surface area contributed by atoms with Gasteiger partial charge in [0.15, 0.2) is 0 Å². The Kier molecular flexibility index (Phi) is 3.88. The number of amides is 2. The molecule has 2 amide bonds. The second kappa shape index (κ2) is 6.15. The Morgan fingerprint density at radius 2 is 1.74 bits per heavy atom. The lowest BCUT2D eigenvalue weighted by Gasteiger charge is -2.00. The lowest BCUT2D eigenvalue weighted by molar-refractivity contribution is 0.0952. The lowest BCUT2D eigenvalue weighted by Crippen LogP contribution is -2.18. The standard InChI is InChI=1S/C17H14N4O2/c18-16(22)11-5-7-12(8-6-11)17(23)21-20-10-13-9-19-15-4-2-1-3-14(13)15/h1-10,19H,(H2,18,22)(H,21,23). The first-order valence-electron chi connectivity index (χ1n) is 6.94. The molecule has 3 aromatic rings. The van der Waals surface area contributed by atoms with E-state index in [-0.39, 0.29) is 5.91 Å². The molecule has 6 heteroatoms. The van der Waals surface area contributed by atoms with Crippen molar-refractivity contribution in [3.8, 4) is 0 Å². The van der Waals surface area contributed by atoms with Crippen LogP contribution in [0.15, 0.2) is 59.8 Å². The van der Waals surface area contributed by atoms with Crippen molar-refractivity contribution in [3.05, 3.63) is 71.4 Å². The van der Waals surface area contributed by atoms with Gasteiger partial charge in [0, 0.05) is 33.8 Å². The fraction of sp³-hybridized carbons (Fsp3) is 0. The van der Waals surface area contributed by atoms with Crippen molar-refractivity contribution >= 4 is 28.9 Å². The van der Waals surface area contributed by atoms with E-state index >= 15 is 0 Å². The van der Waals surface area contributed by atoms with Gasteiger partial charge in [0.2, 0.25) is 5.91 Å². The summed E-state index contributed by atoms with van der Waals surface area (Å²) in [5.74, 6) is -0.897. The SMILES string of the molecule is NC(=O)c1ccc(C(=O)NN=Cc2c[nH]c3ccccc23)cc1. The van der Waals surface area contributed by atoms with E-state index in [0.29, 0.717) is 11.1 Å². The van der Waals surface area contributed by atoms with Crippen LogP contribution in [0.3, 0.4) is 0 Å². The van der Waals surface area contributed by atoms with E-state index in [0.717, 1.165) is 16.5 Å². The van der Waals surface area contributed by atoms with Crippen LogP contribution in [0, 0.1) is 0 Å². The minimum absolute atomic E-state index is 0.351. The van der Waals surface area contributed by atoms with Crippen LogP contribution in [0.2, 0.25) is 0 Å². The number of fused-ring (bicyclic) bond motifs is 1. The molecule has 23 heavy (non-hydrogen) atoms. The Bertz CT molecular complexity index is 894. The molecular weight excluding hydrogens is 292 g/mol. The summed E-state index contributed by atoms with van der Waals surface area (Å²) in [5.41, 5.74) is 10.2. The van der Waals surface area contributed by atoms with E-state index in [9.17, 15) is 9.59 Å². The van der Waals surface area contributed by atoms with Gasteiger partial charge in [-0.15, -0.1) is 0 Å². The van der Waals surface area contributed by atoms with Crippen LogP contribution in [0.5, 0.6) is 0 Å². The molecular formula is C17H14N4O2. The molecule has 0 saturated carbocycles. The van der Waals surface area contributed by atoms with Crippen molar-refractivity contribution in [3.63, 3.8) is 0 Å². The van der Waals surface area contributed by atoms with E-state index in [1.807, 2.05) is 30.5 Å². The number of aromatic amines is 1. The van der Waals surface area contributed by atoms with Gasteiger partial charge in [-0.3, -0.25) is 9.59 Å². The van der Waals surface area contributed by atoms with Crippen molar-refractivity contribution < 1.29 is 9.59 Å². The number of benzene rings is 2. The van der Waals surface area contributed by atoms with Gasteiger partial charge < -0.3 is 10.7 Å². The largest absolute Gasteiger partial charge is 0.366 e. The van der Waals surface area contributed by atoms with Gasteiger partial charge in [0.25, 0.3) is 5.91 Å². The van der Waals surface area contributed by atoms with E-state index in [1.54, 1.807) is 6.21 Å². The zero-order valence-corrected chi connectivity index (χ0v) is 12.1. The summed E-state index contributed by atoms with van der Waals surface area (Å²) < 4.78 is 0. The normalized spacial score (nSPS) is 11.0. The van der Waals surface area contributed by atoms with Gasteiger partial charge in [0.1, 0.15) is 0 Å². The third-order valence-corrected chi connectivity index (χ3v) is 3.42. The molecule has 6 nitrogen and oxygen atoms in total. The molecule has 3 rings (SSSR count). The molecule has 0 aliphatic heterocycles. The summed E-state index contributed by atoms with van der Waals surface area (Å²) in [7, 11) is 0. The molecule has 0 unspecified atom stereocenters. The summed E-state index contributed by atoms with van der Waals surface area (Å²) in [6, 6.07) is 13.9. The fourth-order valence-corrected chi connectivity index (χ4v) is 2.21. The number of hydrazone groups is 1. The number of nitrogens with two attached hydrogens (primary N) is 1. The van der Waals surface area contributed by atoms with E-state index in [4.69, 9.17) is 5.73 Å². The topological polar surface area (TPSA) is 100 Å². The molecule has 1 aromatic heterocycles. The first kappa shape index (κ1) is 14.5. The molecule has 4 N–H and O–H groups in total. The average molecular weight is 306 g/mol. The fourth-order valence-electron chi connectivity index (χ4n) is 2.21. The van der Waals surface area contributed by atoms with Gasteiger partial charge in [-0.05, 0) is 30.3 Å². The van der Waals surface area contributed by atoms with E-state index in [2.05, 4.69) is 15.5 Å². The number of hydrogen-bond acceptors (Lipinski definition) is 3. The monoisotopic (exact) mass is 306 g/mol. The minimum Gasteiger partial charge on any atom is -0.366 e. The van der Waals surface area contributed by atoms with Crippen molar-refractivity contribution in [2.45, 2.75) is 0 Å². The molecule has 2 aromatic carbocycles. The van der Waals surface area contributed by atoms with Crippen LogP contribution in [0.4, 0.5) is 0 Å². The number of carbonyl (C=O) groups excluding carboxylic acids is 2. The third-order valence-electron chi connectivity index (χ3n) is 3.42. The van der Waals surface area contributed by atoms with Gasteiger partial charge in [-0.2, -0.15) is 5.10 Å². The maximum Gasteiger partial charge on any atom is 0.271 e. The van der Waals surface area contributed by atoms with Crippen LogP contribution < -0.4 is 11.2 Å². The van der Waals surface area contributed by atoms with Crippen molar-refractivity contribution in [1.29, 1.82) is 0 Å². The van der Waals surface area contributed by atoms with E-state index in [1.165, 1.54) is 24.3 Å². The molecule has 0 aliphatic carbocycles. The molecule has 114 valence electrons. The van der Waals surface area contributed by atoms with Gasteiger partial charge in [-0.25, -0.2) is 5.43 Å². The van der Waals surface area contributed by atoms with Gasteiger partial charge in [0.05, 0.1) is 6.21 Å². The maximum atomic E-state index is 12.0. The molecule has 1 heterocycles. The average Bonchev–Trinajstić information content (AvgIpc) is 2.98. The van der Waals surface area contributed by atoms with Crippen molar-refractivity contribution in [2.75, 3.05) is 0 Å².